The van der Waals surface area contributed by atoms with Crippen molar-refractivity contribution in [2.75, 3.05) is 13.2 Å². The van der Waals surface area contributed by atoms with Crippen LogP contribution in [-0.4, -0.2) is 242 Å². The Morgan fingerprint density at radius 1 is 0.579 bits per heavy atom. The van der Waals surface area contributed by atoms with E-state index >= 15 is 0 Å². The lowest BCUT2D eigenvalue weighted by Gasteiger charge is -2.59. The van der Waals surface area contributed by atoms with E-state index in [9.17, 15) is 73.9 Å². The maximum Gasteiger partial charge on any atom is 0.397 e. The summed E-state index contributed by atoms with van der Waals surface area (Å²) in [5.74, 6) is -0.445. The molecule has 9 aliphatic rings. The molecule has 0 spiro atoms. The molecule has 9 rings (SSSR count). The maximum absolute atomic E-state index is 13.0. The molecule has 0 aromatic carbocycles. The Morgan fingerprint density at radius 2 is 1.11 bits per heavy atom. The summed E-state index contributed by atoms with van der Waals surface area (Å²) in [7, 11) is -4.83. The van der Waals surface area contributed by atoms with E-state index in [1.807, 2.05) is 0 Å². The fourth-order valence-electron chi connectivity index (χ4n) is 14.1. The number of rotatable bonds is 13. The van der Waals surface area contributed by atoms with E-state index in [0.717, 1.165) is 12.8 Å². The van der Waals surface area contributed by atoms with Crippen LogP contribution >= 0.6 is 0 Å². The molecule has 0 bridgehead atoms. The number of aliphatic hydroxyl groups is 11. The molecule has 12 N–H and O–H groups in total. The van der Waals surface area contributed by atoms with Crippen molar-refractivity contribution in [2.45, 2.75) is 240 Å². The monoisotopic (exact) mass is 1110 g/mol. The van der Waals surface area contributed by atoms with E-state index in [-0.39, 0.29) is 35.4 Å². The SMILES string of the molecule is CC(=O)C1CCC2C3CC(OC4OC(C)C(O)C(OC5OCC(OC6OCC(O)C(O)C6OC6OC(C)C(O)C(O)C6O)C(O)C5OC5OC(C)C(O)C(O)C5O)C4O)C4CC(OS(=O)(=O)O)CCC4(C)C3=CCC12C. The van der Waals surface area contributed by atoms with E-state index < -0.39 is 188 Å². The number of hydrogen-bond donors (Lipinski definition) is 12. The minimum absolute atomic E-state index is 0.0684. The molecule has 3 saturated carbocycles. The molecule has 436 valence electrons. The molecule has 31 atom stereocenters. The third-order valence-electron chi connectivity index (χ3n) is 18.5. The van der Waals surface area contributed by atoms with E-state index in [1.54, 1.807) is 6.92 Å². The van der Waals surface area contributed by atoms with Gasteiger partial charge in [0.2, 0.25) is 0 Å². The number of ketones is 1. The largest absolute Gasteiger partial charge is 0.397 e. The van der Waals surface area contributed by atoms with Crippen LogP contribution in [0.25, 0.3) is 0 Å². The van der Waals surface area contributed by atoms with Gasteiger partial charge in [-0.15, -0.1) is 0 Å². The molecular formula is C49H78O26S. The van der Waals surface area contributed by atoms with E-state index in [2.05, 4.69) is 19.9 Å². The van der Waals surface area contributed by atoms with Crippen molar-refractivity contribution in [3.8, 4) is 0 Å². The predicted octanol–water partition coefficient (Wildman–Crippen LogP) is -3.20. The van der Waals surface area contributed by atoms with Gasteiger partial charge in [0.1, 0.15) is 97.3 Å². The van der Waals surface area contributed by atoms with Crippen LogP contribution in [0, 0.1) is 34.5 Å². The lowest BCUT2D eigenvalue weighted by molar-refractivity contribution is -0.394. The Hall–Kier alpha value is -1.56. The van der Waals surface area contributed by atoms with E-state index in [1.165, 1.54) is 26.3 Å². The summed E-state index contributed by atoms with van der Waals surface area (Å²) in [4.78, 5) is 13.0. The van der Waals surface area contributed by atoms with Crippen molar-refractivity contribution in [1.82, 2.24) is 0 Å². The van der Waals surface area contributed by atoms with Crippen molar-refractivity contribution in [1.29, 1.82) is 0 Å². The van der Waals surface area contributed by atoms with Crippen molar-refractivity contribution < 1.29 is 125 Å². The summed E-state index contributed by atoms with van der Waals surface area (Å²) < 4.78 is 99.4. The zero-order valence-electron chi connectivity index (χ0n) is 43.2. The Morgan fingerprint density at radius 3 is 1.70 bits per heavy atom. The average Bonchev–Trinajstić information content (AvgIpc) is 3.75. The molecule has 8 fully saturated rings. The molecule has 27 heteroatoms. The Balaban J connectivity index is 0.970. The lowest BCUT2D eigenvalue weighted by Crippen LogP contribution is -2.66. The smallest absolute Gasteiger partial charge is 0.388 e. The molecule has 5 aliphatic heterocycles. The van der Waals surface area contributed by atoms with Gasteiger partial charge in [-0.25, -0.2) is 4.18 Å². The number of ether oxygens (including phenoxy) is 10. The fourth-order valence-corrected chi connectivity index (χ4v) is 14.6. The van der Waals surface area contributed by atoms with Gasteiger partial charge in [0, 0.05) is 5.92 Å². The summed E-state index contributed by atoms with van der Waals surface area (Å²) in [6.45, 7) is 9.04. The van der Waals surface area contributed by atoms with Crippen LogP contribution in [0.4, 0.5) is 0 Å². The van der Waals surface area contributed by atoms with Crippen molar-refractivity contribution in [3.63, 3.8) is 0 Å². The first-order valence-electron chi connectivity index (χ1n) is 26.5. The van der Waals surface area contributed by atoms with Gasteiger partial charge < -0.3 is 104 Å². The number of allylic oxidation sites excluding steroid dienone is 2. The number of fused-ring (bicyclic) bond motifs is 5. The first kappa shape index (κ1) is 59.1. The molecule has 4 aliphatic carbocycles. The molecular weight excluding hydrogens is 1040 g/mol. The highest BCUT2D eigenvalue weighted by molar-refractivity contribution is 7.80. The summed E-state index contributed by atoms with van der Waals surface area (Å²) in [6.07, 6.45) is -33.5. The summed E-state index contributed by atoms with van der Waals surface area (Å²) in [5.41, 5.74) is 0.283. The molecule has 0 aromatic heterocycles. The quantitative estimate of drug-likeness (QED) is 0.0638. The lowest BCUT2D eigenvalue weighted by atomic mass is 9.48. The van der Waals surface area contributed by atoms with Crippen LogP contribution in [0.1, 0.15) is 86.5 Å². The first-order valence-corrected chi connectivity index (χ1v) is 27.8. The Bertz CT molecular complexity index is 2180. The zero-order chi connectivity index (χ0) is 55.2. The predicted molar refractivity (Wildman–Crippen MR) is 251 cm³/mol. The summed E-state index contributed by atoms with van der Waals surface area (Å²) in [6, 6.07) is 0. The van der Waals surface area contributed by atoms with Crippen molar-refractivity contribution in [2.24, 2.45) is 34.5 Å². The van der Waals surface area contributed by atoms with Crippen LogP contribution in [0.2, 0.25) is 0 Å². The highest BCUT2D eigenvalue weighted by atomic mass is 32.3. The van der Waals surface area contributed by atoms with Crippen LogP contribution in [-0.2, 0) is 66.7 Å². The van der Waals surface area contributed by atoms with Gasteiger partial charge in [-0.2, -0.15) is 8.42 Å². The molecule has 0 aromatic rings. The molecule has 76 heavy (non-hydrogen) atoms. The zero-order valence-corrected chi connectivity index (χ0v) is 44.0. The van der Waals surface area contributed by atoms with Crippen LogP contribution in [0.5, 0.6) is 0 Å². The van der Waals surface area contributed by atoms with Gasteiger partial charge >= 0.3 is 10.4 Å². The Kier molecular flexibility index (Phi) is 17.6. The number of aliphatic hydroxyl groups excluding tert-OH is 11. The minimum Gasteiger partial charge on any atom is -0.388 e. The van der Waals surface area contributed by atoms with E-state index in [0.29, 0.717) is 25.7 Å². The first-order chi connectivity index (χ1) is 35.6. The van der Waals surface area contributed by atoms with Gasteiger partial charge in [0.15, 0.2) is 31.5 Å². The summed E-state index contributed by atoms with van der Waals surface area (Å²) in [5, 5.41) is 121. The van der Waals surface area contributed by atoms with E-state index in [4.69, 9.17) is 51.6 Å². The number of carbonyl (C=O) groups excluding carboxylic acids is 1. The van der Waals surface area contributed by atoms with Crippen molar-refractivity contribution >= 4 is 16.2 Å². The topological polar surface area (TPSA) is 396 Å². The third kappa shape index (κ3) is 11.1. The average molecular weight is 1120 g/mol. The molecule has 0 radical (unpaired) electrons. The number of Topliss-reactive ketones (excluding diaryl/α,β-unsaturated/α-hetero) is 1. The second-order valence-corrected chi connectivity index (χ2v) is 24.2. The second-order valence-electron chi connectivity index (χ2n) is 23.2. The summed E-state index contributed by atoms with van der Waals surface area (Å²) >= 11 is 0. The highest BCUT2D eigenvalue weighted by Crippen LogP contribution is 2.66. The molecule has 0 amide bonds. The van der Waals surface area contributed by atoms with Crippen molar-refractivity contribution in [3.05, 3.63) is 11.6 Å². The Labute approximate surface area is 439 Å². The normalized spacial score (nSPS) is 54.0. The molecule has 31 unspecified atom stereocenters. The molecule has 5 heterocycles. The highest BCUT2D eigenvalue weighted by Gasteiger charge is 2.62. The van der Waals surface area contributed by atoms with Crippen LogP contribution < -0.4 is 0 Å². The van der Waals surface area contributed by atoms with Gasteiger partial charge in [-0.1, -0.05) is 25.5 Å². The van der Waals surface area contributed by atoms with Gasteiger partial charge in [0.05, 0.1) is 43.7 Å². The molecule has 26 nitrogen and oxygen atoms in total. The number of hydrogen-bond acceptors (Lipinski definition) is 25. The van der Waals surface area contributed by atoms with Gasteiger partial charge in [-0.3, -0.25) is 9.35 Å². The number of carbonyl (C=O) groups is 1. The third-order valence-corrected chi connectivity index (χ3v) is 19.0. The van der Waals surface area contributed by atoms with Crippen LogP contribution in [0.15, 0.2) is 11.6 Å². The van der Waals surface area contributed by atoms with Gasteiger partial charge in [0.25, 0.3) is 0 Å². The van der Waals surface area contributed by atoms with Crippen LogP contribution in [0.3, 0.4) is 0 Å². The fraction of sp³-hybridized carbons (Fsp3) is 0.939. The molecule has 5 saturated heterocycles. The minimum atomic E-state index is -4.83. The maximum atomic E-state index is 13.0. The standard InChI is InChI=1S/C49H78O26S/c1-17(50)23-7-8-24-22-14-28(26-13-21(75-76(62,63)64)9-11-49(26,6)25(22)10-12-48(23,24)5)70-45-39(61)40(32(54)20(4)69-45)72-47-42(74-44-38(60)36(58)31(53)19(3)68-44)34(56)29(16-66-47)71-46-41(33(55)27(51)15-65-46)73-43-37(59)35(57)30(52)18(2)67-43/h10,18-24,26-47,51-61H,7-9,11-16H2,1-6H3,(H,62,63,64). The van der Waals surface area contributed by atoms with Gasteiger partial charge in [-0.05, 0) is 101 Å². The second kappa shape index (κ2) is 22.6.